The van der Waals surface area contributed by atoms with Crippen LogP contribution in [0.4, 0.5) is 0 Å². The highest BCUT2D eigenvalue weighted by molar-refractivity contribution is 5.94. The molecule has 4 aromatic rings. The van der Waals surface area contributed by atoms with Gasteiger partial charge >= 0.3 is 0 Å². The van der Waals surface area contributed by atoms with Crippen LogP contribution < -0.4 is 10.9 Å². The third-order valence-corrected chi connectivity index (χ3v) is 4.40. The molecule has 0 bridgehead atoms. The first-order valence-electron chi connectivity index (χ1n) is 8.45. The summed E-state index contributed by atoms with van der Waals surface area (Å²) in [6.45, 7) is 0.345. The van der Waals surface area contributed by atoms with Crippen molar-refractivity contribution in [2.45, 2.75) is 6.54 Å². The Morgan fingerprint density at radius 1 is 1.07 bits per heavy atom. The zero-order valence-corrected chi connectivity index (χ0v) is 14.7. The molecule has 0 aliphatic carbocycles. The number of hydrogen-bond donors (Lipinski definition) is 1. The minimum atomic E-state index is -0.200. The van der Waals surface area contributed by atoms with E-state index in [-0.39, 0.29) is 11.5 Å². The Balaban J connectivity index is 1.55. The number of carbonyl (C=O) groups is 1. The number of fused-ring (bicyclic) bond motifs is 1. The number of carbonyl (C=O) groups excluding carboxylic acids is 1. The van der Waals surface area contributed by atoms with Gasteiger partial charge in [-0.15, -0.1) is 0 Å². The topological polar surface area (TPSA) is 81.8 Å². The summed E-state index contributed by atoms with van der Waals surface area (Å²) in [5, 5.41) is 3.39. The number of hydrogen-bond acceptors (Lipinski definition) is 4. The quantitative estimate of drug-likeness (QED) is 0.605. The minimum absolute atomic E-state index is 0.146. The van der Waals surface area contributed by atoms with Crippen molar-refractivity contribution in [2.75, 3.05) is 0 Å². The highest BCUT2D eigenvalue weighted by Gasteiger charge is 2.09. The van der Waals surface area contributed by atoms with Crippen LogP contribution in [0.25, 0.3) is 16.6 Å². The van der Waals surface area contributed by atoms with Crippen LogP contribution in [-0.2, 0) is 13.6 Å². The highest BCUT2D eigenvalue weighted by Crippen LogP contribution is 2.11. The van der Waals surface area contributed by atoms with Crippen molar-refractivity contribution in [2.24, 2.45) is 7.05 Å². The predicted octanol–water partition coefficient (Wildman–Crippen LogP) is 2.05. The van der Waals surface area contributed by atoms with Gasteiger partial charge in [-0.25, -0.2) is 9.97 Å². The van der Waals surface area contributed by atoms with Crippen molar-refractivity contribution in [1.29, 1.82) is 0 Å². The van der Waals surface area contributed by atoms with Gasteiger partial charge in [0.05, 0.1) is 23.1 Å². The van der Waals surface area contributed by atoms with Crippen LogP contribution in [0.3, 0.4) is 0 Å². The maximum absolute atomic E-state index is 12.6. The van der Waals surface area contributed by atoms with E-state index in [1.54, 1.807) is 42.6 Å². The van der Waals surface area contributed by atoms with Gasteiger partial charge in [-0.05, 0) is 36.4 Å². The molecule has 0 saturated heterocycles. The maximum atomic E-state index is 12.6. The molecule has 0 saturated carbocycles. The number of aromatic nitrogens is 4. The standard InChI is InChI=1S/C20H17N5O2/c1-24-11-10-21-18(24)12-22-19(26)14-6-8-15(9-7-14)25-13-23-17-5-3-2-4-16(17)20(25)27/h2-11,13H,12H2,1H3,(H,22,26). The van der Waals surface area contributed by atoms with Crippen molar-refractivity contribution in [1.82, 2.24) is 24.4 Å². The maximum Gasteiger partial charge on any atom is 0.265 e. The lowest BCUT2D eigenvalue weighted by atomic mass is 10.2. The SMILES string of the molecule is Cn1ccnc1CNC(=O)c1ccc(-n2cnc3ccccc3c2=O)cc1. The molecular formula is C20H17N5O2. The van der Waals surface area contributed by atoms with Gasteiger partial charge in [-0.2, -0.15) is 0 Å². The molecule has 2 heterocycles. The molecule has 1 amide bonds. The van der Waals surface area contributed by atoms with E-state index >= 15 is 0 Å². The Hall–Kier alpha value is -3.74. The van der Waals surface area contributed by atoms with E-state index in [0.717, 1.165) is 5.82 Å². The van der Waals surface area contributed by atoms with Gasteiger partial charge in [0.2, 0.25) is 0 Å². The molecule has 0 radical (unpaired) electrons. The highest BCUT2D eigenvalue weighted by atomic mass is 16.1. The summed E-state index contributed by atoms with van der Waals surface area (Å²) in [5.74, 6) is 0.572. The van der Waals surface area contributed by atoms with Gasteiger partial charge in [-0.1, -0.05) is 12.1 Å². The fourth-order valence-electron chi connectivity index (χ4n) is 2.85. The zero-order chi connectivity index (χ0) is 18.8. The Morgan fingerprint density at radius 2 is 1.85 bits per heavy atom. The van der Waals surface area contributed by atoms with Crippen LogP contribution in [0.15, 0.2) is 72.0 Å². The largest absolute Gasteiger partial charge is 0.345 e. The monoisotopic (exact) mass is 359 g/mol. The smallest absolute Gasteiger partial charge is 0.265 e. The van der Waals surface area contributed by atoms with Crippen molar-refractivity contribution in [3.63, 3.8) is 0 Å². The molecule has 0 atom stereocenters. The van der Waals surface area contributed by atoms with Gasteiger partial charge in [-0.3, -0.25) is 14.2 Å². The summed E-state index contributed by atoms with van der Waals surface area (Å²) in [6.07, 6.45) is 5.01. The van der Waals surface area contributed by atoms with Crippen LogP contribution in [0.5, 0.6) is 0 Å². The van der Waals surface area contributed by atoms with Crippen molar-refractivity contribution in [3.8, 4) is 5.69 Å². The van der Waals surface area contributed by atoms with Crippen LogP contribution in [0.1, 0.15) is 16.2 Å². The summed E-state index contributed by atoms with van der Waals surface area (Å²) < 4.78 is 3.32. The van der Waals surface area contributed by atoms with E-state index in [2.05, 4.69) is 15.3 Å². The predicted molar refractivity (Wildman–Crippen MR) is 102 cm³/mol. The summed E-state index contributed by atoms with van der Waals surface area (Å²) in [6, 6.07) is 14.0. The average molecular weight is 359 g/mol. The molecular weight excluding hydrogens is 342 g/mol. The second kappa shape index (κ2) is 6.87. The first-order valence-corrected chi connectivity index (χ1v) is 8.45. The Kier molecular flexibility index (Phi) is 4.25. The Bertz CT molecular complexity index is 1170. The van der Waals surface area contributed by atoms with E-state index in [0.29, 0.717) is 28.7 Å². The average Bonchev–Trinajstić information content (AvgIpc) is 3.12. The Morgan fingerprint density at radius 3 is 2.59 bits per heavy atom. The summed E-state index contributed by atoms with van der Waals surface area (Å²) >= 11 is 0. The second-order valence-corrected chi connectivity index (χ2v) is 6.12. The molecule has 2 aromatic carbocycles. The molecule has 0 fully saturated rings. The van der Waals surface area contributed by atoms with Crippen LogP contribution in [-0.4, -0.2) is 25.0 Å². The first kappa shape index (κ1) is 16.7. The molecule has 7 nitrogen and oxygen atoms in total. The van der Waals surface area contributed by atoms with Gasteiger partial charge in [0, 0.05) is 25.0 Å². The van der Waals surface area contributed by atoms with Crippen LogP contribution in [0, 0.1) is 0 Å². The molecule has 0 spiro atoms. The van der Waals surface area contributed by atoms with Crippen molar-refractivity contribution in [3.05, 3.63) is 89.0 Å². The summed E-state index contributed by atoms with van der Waals surface area (Å²) in [7, 11) is 1.87. The lowest BCUT2D eigenvalue weighted by molar-refractivity contribution is 0.0949. The third-order valence-electron chi connectivity index (χ3n) is 4.40. The summed E-state index contributed by atoms with van der Waals surface area (Å²) in [4.78, 5) is 33.4. The first-order chi connectivity index (χ1) is 13.1. The molecule has 0 unspecified atom stereocenters. The number of aryl methyl sites for hydroxylation is 1. The molecule has 0 aliphatic heterocycles. The van der Waals surface area contributed by atoms with E-state index in [4.69, 9.17) is 0 Å². The lowest BCUT2D eigenvalue weighted by Gasteiger charge is -2.08. The molecule has 0 aliphatic rings. The van der Waals surface area contributed by atoms with Gasteiger partial charge < -0.3 is 9.88 Å². The normalized spacial score (nSPS) is 10.9. The number of para-hydroxylation sites is 1. The van der Waals surface area contributed by atoms with Crippen LogP contribution in [0.2, 0.25) is 0 Å². The fourth-order valence-corrected chi connectivity index (χ4v) is 2.85. The van der Waals surface area contributed by atoms with E-state index in [1.807, 2.05) is 29.9 Å². The third kappa shape index (κ3) is 3.22. The lowest BCUT2D eigenvalue weighted by Crippen LogP contribution is -2.24. The molecule has 134 valence electrons. The van der Waals surface area contributed by atoms with E-state index in [1.165, 1.54) is 10.9 Å². The number of nitrogens with one attached hydrogen (secondary N) is 1. The van der Waals surface area contributed by atoms with E-state index in [9.17, 15) is 9.59 Å². The number of nitrogens with zero attached hydrogens (tertiary/aromatic N) is 4. The number of benzene rings is 2. The van der Waals surface area contributed by atoms with Gasteiger partial charge in [0.25, 0.3) is 11.5 Å². The molecule has 4 rings (SSSR count). The number of imidazole rings is 1. The summed E-state index contributed by atoms with van der Waals surface area (Å²) in [5.41, 5.74) is 1.67. The zero-order valence-electron chi connectivity index (χ0n) is 14.7. The second-order valence-electron chi connectivity index (χ2n) is 6.12. The minimum Gasteiger partial charge on any atom is -0.345 e. The fraction of sp³-hybridized carbons (Fsp3) is 0.100. The van der Waals surface area contributed by atoms with E-state index < -0.39 is 0 Å². The molecule has 2 aromatic heterocycles. The van der Waals surface area contributed by atoms with Crippen molar-refractivity contribution >= 4 is 16.8 Å². The van der Waals surface area contributed by atoms with Gasteiger partial charge in [0.1, 0.15) is 12.2 Å². The molecule has 27 heavy (non-hydrogen) atoms. The molecule has 7 heteroatoms. The number of amides is 1. The van der Waals surface area contributed by atoms with Crippen molar-refractivity contribution < 1.29 is 4.79 Å². The van der Waals surface area contributed by atoms with Crippen LogP contribution >= 0.6 is 0 Å². The Labute approximate surface area is 154 Å². The molecule has 1 N–H and O–H groups in total. The van der Waals surface area contributed by atoms with Gasteiger partial charge in [0.15, 0.2) is 0 Å². The number of rotatable bonds is 4.